The lowest BCUT2D eigenvalue weighted by molar-refractivity contribution is -0.167. The van der Waals surface area contributed by atoms with Crippen LogP contribution in [0.4, 0.5) is 8.78 Å². The molecule has 0 aromatic heterocycles. The number of hydrogen-bond donors (Lipinski definition) is 1. The molecule has 0 spiro atoms. The zero-order chi connectivity index (χ0) is 16.9. The minimum atomic E-state index is -3.02. The lowest BCUT2D eigenvalue weighted by Crippen LogP contribution is -2.45. The van der Waals surface area contributed by atoms with Gasteiger partial charge in [0.1, 0.15) is 11.5 Å². The van der Waals surface area contributed by atoms with Crippen LogP contribution < -0.4 is 5.32 Å². The summed E-state index contributed by atoms with van der Waals surface area (Å²) in [7, 11) is 0. The van der Waals surface area contributed by atoms with Crippen LogP contribution >= 0.6 is 0 Å². The average Bonchev–Trinajstić information content (AvgIpc) is 2.76. The molecule has 2 saturated heterocycles. The van der Waals surface area contributed by atoms with Crippen molar-refractivity contribution in [2.45, 2.75) is 52.2 Å². The standard InChI is InChI=1S/C15H24F2N2O3/c1-13(2,3)22-12(21)14(4,5)8-19-6-9-10(11(19)20)15(16,17)7-18-9/h9-10,18H,6-8H2,1-5H3/t9-,10-/m0/s1. The number of nitrogens with one attached hydrogen (secondary N) is 1. The molecule has 22 heavy (non-hydrogen) atoms. The maximum absolute atomic E-state index is 13.7. The molecule has 0 saturated carbocycles. The van der Waals surface area contributed by atoms with Crippen LogP contribution in [0.3, 0.4) is 0 Å². The van der Waals surface area contributed by atoms with E-state index >= 15 is 0 Å². The lowest BCUT2D eigenvalue weighted by Gasteiger charge is -2.32. The van der Waals surface area contributed by atoms with Crippen molar-refractivity contribution >= 4 is 11.9 Å². The van der Waals surface area contributed by atoms with Crippen LogP contribution in [-0.2, 0) is 14.3 Å². The number of esters is 1. The highest BCUT2D eigenvalue weighted by Gasteiger charge is 2.59. The maximum atomic E-state index is 13.7. The van der Waals surface area contributed by atoms with Gasteiger partial charge >= 0.3 is 5.97 Å². The molecule has 2 atom stereocenters. The molecule has 5 nitrogen and oxygen atoms in total. The van der Waals surface area contributed by atoms with Gasteiger partial charge in [-0.05, 0) is 34.6 Å². The van der Waals surface area contributed by atoms with Crippen LogP contribution in [0.1, 0.15) is 34.6 Å². The second-order valence-electron chi connectivity index (χ2n) is 7.83. The van der Waals surface area contributed by atoms with Gasteiger partial charge in [0.15, 0.2) is 0 Å². The third-order valence-corrected chi connectivity index (χ3v) is 3.99. The molecule has 0 aliphatic carbocycles. The Balaban J connectivity index is 2.05. The molecule has 0 aromatic rings. The number of halogens is 2. The van der Waals surface area contributed by atoms with Crippen LogP contribution in [0.2, 0.25) is 0 Å². The van der Waals surface area contributed by atoms with Crippen molar-refractivity contribution in [1.82, 2.24) is 10.2 Å². The second kappa shape index (κ2) is 5.15. The molecule has 126 valence electrons. The van der Waals surface area contributed by atoms with Crippen molar-refractivity contribution < 1.29 is 23.1 Å². The number of fused-ring (bicyclic) bond motifs is 1. The molecule has 0 radical (unpaired) electrons. The van der Waals surface area contributed by atoms with Gasteiger partial charge in [-0.15, -0.1) is 0 Å². The molecule has 0 bridgehead atoms. The van der Waals surface area contributed by atoms with Gasteiger partial charge in [-0.2, -0.15) is 0 Å². The van der Waals surface area contributed by atoms with Gasteiger partial charge in [-0.3, -0.25) is 9.59 Å². The van der Waals surface area contributed by atoms with E-state index in [2.05, 4.69) is 5.32 Å². The summed E-state index contributed by atoms with van der Waals surface area (Å²) in [4.78, 5) is 25.8. The summed E-state index contributed by atoms with van der Waals surface area (Å²) in [5, 5.41) is 2.69. The molecule has 1 amide bonds. The van der Waals surface area contributed by atoms with E-state index in [9.17, 15) is 18.4 Å². The van der Waals surface area contributed by atoms with Crippen molar-refractivity contribution in [3.05, 3.63) is 0 Å². The van der Waals surface area contributed by atoms with Crippen molar-refractivity contribution in [3.63, 3.8) is 0 Å². The summed E-state index contributed by atoms with van der Waals surface area (Å²) in [6.07, 6.45) is 0. The van der Waals surface area contributed by atoms with E-state index < -0.39 is 47.3 Å². The molecule has 1 N–H and O–H groups in total. The van der Waals surface area contributed by atoms with Gasteiger partial charge in [0, 0.05) is 19.1 Å². The van der Waals surface area contributed by atoms with E-state index in [4.69, 9.17) is 4.74 Å². The van der Waals surface area contributed by atoms with E-state index in [1.165, 1.54) is 4.90 Å². The lowest BCUT2D eigenvalue weighted by atomic mass is 9.92. The van der Waals surface area contributed by atoms with Gasteiger partial charge in [-0.25, -0.2) is 8.78 Å². The highest BCUT2D eigenvalue weighted by atomic mass is 19.3. The first-order valence-corrected chi connectivity index (χ1v) is 7.47. The van der Waals surface area contributed by atoms with Gasteiger partial charge in [0.2, 0.25) is 5.91 Å². The number of amides is 1. The average molecular weight is 318 g/mol. The zero-order valence-corrected chi connectivity index (χ0v) is 13.7. The summed E-state index contributed by atoms with van der Waals surface area (Å²) in [5.41, 5.74) is -1.58. The number of alkyl halides is 2. The first kappa shape index (κ1) is 17.1. The molecule has 0 unspecified atom stereocenters. The molecular weight excluding hydrogens is 294 g/mol. The monoisotopic (exact) mass is 318 g/mol. The van der Waals surface area contributed by atoms with Gasteiger partial charge in [0.25, 0.3) is 5.92 Å². The fourth-order valence-corrected chi connectivity index (χ4v) is 2.94. The quantitative estimate of drug-likeness (QED) is 0.800. The van der Waals surface area contributed by atoms with Gasteiger partial charge in [0.05, 0.1) is 12.0 Å². The molecule has 7 heteroatoms. The molecule has 2 aliphatic rings. The first-order valence-electron chi connectivity index (χ1n) is 7.47. The maximum Gasteiger partial charge on any atom is 0.313 e. The van der Waals surface area contributed by atoms with Crippen LogP contribution in [0.25, 0.3) is 0 Å². The Morgan fingerprint density at radius 2 is 1.95 bits per heavy atom. The second-order valence-corrected chi connectivity index (χ2v) is 7.83. The molecule has 2 aliphatic heterocycles. The minimum Gasteiger partial charge on any atom is -0.460 e. The molecule has 0 aromatic carbocycles. The van der Waals surface area contributed by atoms with E-state index in [0.29, 0.717) is 0 Å². The topological polar surface area (TPSA) is 58.6 Å². The highest BCUT2D eigenvalue weighted by molar-refractivity contribution is 5.85. The number of rotatable bonds is 3. The Bertz CT molecular complexity index is 486. The Kier molecular flexibility index (Phi) is 4.00. The first-order chi connectivity index (χ1) is 9.83. The number of nitrogens with zero attached hydrogens (tertiary/aromatic N) is 1. The predicted molar refractivity (Wildman–Crippen MR) is 76.4 cm³/mol. The smallest absolute Gasteiger partial charge is 0.313 e. The van der Waals surface area contributed by atoms with Crippen LogP contribution in [0, 0.1) is 11.3 Å². The summed E-state index contributed by atoms with van der Waals surface area (Å²) in [6, 6.07) is -0.545. The van der Waals surface area contributed by atoms with Crippen molar-refractivity contribution in [2.75, 3.05) is 19.6 Å². The normalized spacial score (nSPS) is 28.0. The molecule has 2 heterocycles. The van der Waals surface area contributed by atoms with Gasteiger partial charge < -0.3 is 15.0 Å². The Morgan fingerprint density at radius 3 is 2.45 bits per heavy atom. The number of likely N-dealkylation sites (tertiary alicyclic amines) is 1. The van der Waals surface area contributed by atoms with Gasteiger partial charge in [-0.1, -0.05) is 0 Å². The summed E-state index contributed by atoms with van der Waals surface area (Å²) in [5.74, 6) is -5.37. The molecule has 2 fully saturated rings. The minimum absolute atomic E-state index is 0.0749. The Hall–Kier alpha value is -1.24. The van der Waals surface area contributed by atoms with Crippen LogP contribution in [0.5, 0.6) is 0 Å². The zero-order valence-electron chi connectivity index (χ0n) is 13.7. The fourth-order valence-electron chi connectivity index (χ4n) is 2.94. The summed E-state index contributed by atoms with van der Waals surface area (Å²) in [6.45, 7) is 8.42. The van der Waals surface area contributed by atoms with Crippen molar-refractivity contribution in [1.29, 1.82) is 0 Å². The van der Waals surface area contributed by atoms with Crippen molar-refractivity contribution in [3.8, 4) is 0 Å². The molecule has 2 rings (SSSR count). The number of hydrogen-bond acceptors (Lipinski definition) is 4. The Labute approximate surface area is 129 Å². The SMILES string of the molecule is CC(C)(C)OC(=O)C(C)(C)CN1C[C@@H]2NCC(F)(F)[C@@H]2C1=O. The van der Waals surface area contributed by atoms with Crippen LogP contribution in [0.15, 0.2) is 0 Å². The number of carbonyl (C=O) groups is 2. The summed E-state index contributed by atoms with van der Waals surface area (Å²) >= 11 is 0. The van der Waals surface area contributed by atoms with E-state index in [1.807, 2.05) is 0 Å². The largest absolute Gasteiger partial charge is 0.460 e. The number of carbonyl (C=O) groups excluding carboxylic acids is 2. The predicted octanol–water partition coefficient (Wildman–Crippen LogP) is 1.42. The Morgan fingerprint density at radius 1 is 1.36 bits per heavy atom. The fraction of sp³-hybridized carbons (Fsp3) is 0.867. The number of ether oxygens (including phenoxy) is 1. The summed E-state index contributed by atoms with van der Waals surface area (Å²) < 4.78 is 32.8. The van der Waals surface area contributed by atoms with Crippen LogP contribution in [-0.4, -0.2) is 54.0 Å². The van der Waals surface area contributed by atoms with E-state index in [0.717, 1.165) is 0 Å². The van der Waals surface area contributed by atoms with E-state index in [1.54, 1.807) is 34.6 Å². The van der Waals surface area contributed by atoms with Crippen molar-refractivity contribution in [2.24, 2.45) is 11.3 Å². The molecular formula is C15H24F2N2O3. The third-order valence-electron chi connectivity index (χ3n) is 3.99. The third kappa shape index (κ3) is 3.24. The highest BCUT2D eigenvalue weighted by Crippen LogP contribution is 2.39. The van der Waals surface area contributed by atoms with E-state index in [-0.39, 0.29) is 13.1 Å².